The number of aromatic nitrogens is 3. The third-order valence-corrected chi connectivity index (χ3v) is 7.31. The lowest BCUT2D eigenvalue weighted by atomic mass is 9.93. The number of halogens is 1. The maximum absolute atomic E-state index is 13.9. The third-order valence-electron chi connectivity index (χ3n) is 7.31. The molecule has 0 unspecified atom stereocenters. The van der Waals surface area contributed by atoms with E-state index in [9.17, 15) is 4.39 Å². The van der Waals surface area contributed by atoms with Crippen LogP contribution in [0.15, 0.2) is 84.0 Å². The van der Waals surface area contributed by atoms with E-state index in [0.717, 1.165) is 70.5 Å². The molecule has 0 atom stereocenters. The highest BCUT2D eigenvalue weighted by atomic mass is 19.1. The Morgan fingerprint density at radius 1 is 0.923 bits per heavy atom. The Kier molecular flexibility index (Phi) is 6.94. The number of hydrogen-bond donors (Lipinski definition) is 1. The number of pyridine rings is 1. The molecule has 1 aromatic heterocycles. The first-order chi connectivity index (χ1) is 19.1. The lowest BCUT2D eigenvalue weighted by Gasteiger charge is -2.25. The molecule has 0 amide bonds. The van der Waals surface area contributed by atoms with Crippen LogP contribution in [0.1, 0.15) is 25.7 Å². The summed E-state index contributed by atoms with van der Waals surface area (Å²) in [6.45, 7) is 0. The number of methoxy groups -OCH3 is 2. The van der Waals surface area contributed by atoms with E-state index in [-0.39, 0.29) is 11.9 Å². The lowest BCUT2D eigenvalue weighted by Crippen LogP contribution is -2.25. The van der Waals surface area contributed by atoms with Gasteiger partial charge in [0, 0.05) is 19.0 Å². The van der Waals surface area contributed by atoms with Crippen LogP contribution in [0.2, 0.25) is 0 Å². The highest BCUT2D eigenvalue weighted by Gasteiger charge is 2.22. The lowest BCUT2D eigenvalue weighted by molar-refractivity contribution is 0.0663. The molecule has 0 bridgehead atoms. The molecular formula is C31H30FN5O2. The minimum Gasteiger partial charge on any atom is -0.480 e. The molecule has 198 valence electrons. The van der Waals surface area contributed by atoms with Crippen LogP contribution in [0, 0.1) is 5.82 Å². The zero-order valence-electron chi connectivity index (χ0n) is 22.0. The second-order valence-corrected chi connectivity index (χ2v) is 9.75. The Balaban J connectivity index is 1.58. The first kappa shape index (κ1) is 25.0. The van der Waals surface area contributed by atoms with Gasteiger partial charge < -0.3 is 19.4 Å². The van der Waals surface area contributed by atoms with Crippen molar-refractivity contribution >= 4 is 22.4 Å². The van der Waals surface area contributed by atoms with Crippen molar-refractivity contribution in [1.82, 2.24) is 14.5 Å². The summed E-state index contributed by atoms with van der Waals surface area (Å²) in [5.41, 5.74) is 5.83. The Hall–Kier alpha value is -4.30. The van der Waals surface area contributed by atoms with Gasteiger partial charge in [0.15, 0.2) is 0 Å². The first-order valence-corrected chi connectivity index (χ1v) is 13.2. The first-order valence-electron chi connectivity index (χ1n) is 13.2. The van der Waals surface area contributed by atoms with E-state index < -0.39 is 0 Å². The normalized spacial score (nSPS) is 18.0. The molecule has 39 heavy (non-hydrogen) atoms. The Bertz CT molecular complexity index is 1640. The number of para-hydroxylation sites is 2. The molecule has 0 radical (unpaired) electrons. The van der Waals surface area contributed by atoms with E-state index in [1.54, 1.807) is 32.5 Å². The number of anilines is 2. The molecule has 1 N–H and O–H groups in total. The summed E-state index contributed by atoms with van der Waals surface area (Å²) in [5.74, 6) is 0.221. The van der Waals surface area contributed by atoms with Crippen LogP contribution in [0.4, 0.5) is 15.8 Å². The van der Waals surface area contributed by atoms with Gasteiger partial charge in [-0.15, -0.1) is 0 Å². The van der Waals surface area contributed by atoms with Crippen LogP contribution in [-0.2, 0) is 4.74 Å². The standard InChI is InChI=1S/C31H30FN5O2/c1-38-23-15-11-21(12-16-23)34-27-19-30-28(18-26(27)36-25-7-5-17-33-31(25)39-2)35-24-6-3-4-8-29(24)37(30)22-13-9-20(32)10-14-22/h3-10,13-14,17-19,21,23,36H,11-12,15-16H2,1-2H3/b34-27+. The number of fused-ring (bicyclic) bond motifs is 2. The summed E-state index contributed by atoms with van der Waals surface area (Å²) in [4.78, 5) is 14.6. The maximum Gasteiger partial charge on any atom is 0.237 e. The maximum atomic E-state index is 13.9. The molecule has 3 aliphatic rings. The predicted octanol–water partition coefficient (Wildman–Crippen LogP) is 6.27. The van der Waals surface area contributed by atoms with Crippen molar-refractivity contribution in [2.45, 2.75) is 37.8 Å². The fraction of sp³-hybridized carbons (Fsp3) is 0.258. The highest BCUT2D eigenvalue weighted by Crippen LogP contribution is 2.32. The minimum absolute atomic E-state index is 0.179. The van der Waals surface area contributed by atoms with Gasteiger partial charge in [-0.3, -0.25) is 4.99 Å². The molecule has 1 fully saturated rings. The number of benzene rings is 3. The number of nitrogens with one attached hydrogen (secondary N) is 1. The summed E-state index contributed by atoms with van der Waals surface area (Å²) in [7, 11) is 3.38. The van der Waals surface area contributed by atoms with Gasteiger partial charge in [-0.2, -0.15) is 0 Å². The Morgan fingerprint density at radius 3 is 2.49 bits per heavy atom. The van der Waals surface area contributed by atoms with E-state index in [2.05, 4.69) is 20.9 Å². The monoisotopic (exact) mass is 523 g/mol. The van der Waals surface area contributed by atoms with Gasteiger partial charge in [0.25, 0.3) is 0 Å². The molecule has 2 aliphatic carbocycles. The molecule has 3 aromatic rings. The van der Waals surface area contributed by atoms with Gasteiger partial charge in [0.1, 0.15) is 11.5 Å². The van der Waals surface area contributed by atoms with E-state index in [1.807, 2.05) is 42.5 Å². The van der Waals surface area contributed by atoms with Crippen molar-refractivity contribution in [3.63, 3.8) is 0 Å². The summed E-state index contributed by atoms with van der Waals surface area (Å²) in [6, 6.07) is 22.6. The molecule has 2 heterocycles. The molecular weight excluding hydrogens is 493 g/mol. The third kappa shape index (κ3) is 5.07. The zero-order valence-corrected chi connectivity index (χ0v) is 22.0. The van der Waals surface area contributed by atoms with Crippen molar-refractivity contribution in [1.29, 1.82) is 0 Å². The summed E-state index contributed by atoms with van der Waals surface area (Å²) in [6.07, 6.45) is 5.88. The molecule has 8 heteroatoms. The van der Waals surface area contributed by atoms with Gasteiger partial charge in [-0.25, -0.2) is 14.4 Å². The summed E-state index contributed by atoms with van der Waals surface area (Å²) < 4.78 is 27.0. The number of ether oxygens (including phenoxy) is 2. The van der Waals surface area contributed by atoms with Crippen LogP contribution in [0.3, 0.4) is 0 Å². The zero-order chi connectivity index (χ0) is 26.8. The van der Waals surface area contributed by atoms with Crippen LogP contribution in [0.5, 0.6) is 5.88 Å². The van der Waals surface area contributed by atoms with E-state index in [4.69, 9.17) is 19.5 Å². The Morgan fingerprint density at radius 2 is 1.72 bits per heavy atom. The smallest absolute Gasteiger partial charge is 0.237 e. The Labute approximate surface area is 226 Å². The van der Waals surface area contributed by atoms with Crippen LogP contribution < -0.4 is 15.4 Å². The largest absolute Gasteiger partial charge is 0.480 e. The van der Waals surface area contributed by atoms with Crippen LogP contribution >= 0.6 is 0 Å². The van der Waals surface area contributed by atoms with E-state index >= 15 is 0 Å². The molecule has 2 aromatic carbocycles. The predicted molar refractivity (Wildman–Crippen MR) is 150 cm³/mol. The van der Waals surface area contributed by atoms with Gasteiger partial charge in [-0.1, -0.05) is 12.1 Å². The van der Waals surface area contributed by atoms with Crippen molar-refractivity contribution in [2.75, 3.05) is 19.5 Å². The average Bonchev–Trinajstić information content (AvgIpc) is 2.97. The molecule has 1 aliphatic heterocycles. The van der Waals surface area contributed by atoms with Crippen molar-refractivity contribution in [3.8, 4) is 23.0 Å². The van der Waals surface area contributed by atoms with Crippen molar-refractivity contribution in [2.24, 2.45) is 4.99 Å². The van der Waals surface area contributed by atoms with E-state index in [1.165, 1.54) is 12.1 Å². The molecule has 1 saturated carbocycles. The summed E-state index contributed by atoms with van der Waals surface area (Å²) >= 11 is 0. The topological polar surface area (TPSA) is 73.6 Å². The fourth-order valence-electron chi connectivity index (χ4n) is 5.32. The van der Waals surface area contributed by atoms with Crippen molar-refractivity contribution in [3.05, 3.63) is 90.2 Å². The molecule has 0 saturated heterocycles. The quantitative estimate of drug-likeness (QED) is 0.265. The second kappa shape index (κ2) is 10.8. The number of nitrogens with zero attached hydrogens (tertiary/aromatic N) is 4. The SMILES string of the molecule is COc1ncccc1Nc1cc2nc3ccccc3n(-c3ccc(F)cc3)c-2c/c1=N\C1CCC(OC)CC1. The van der Waals surface area contributed by atoms with Gasteiger partial charge in [0.2, 0.25) is 5.88 Å². The second-order valence-electron chi connectivity index (χ2n) is 9.75. The molecule has 0 spiro atoms. The van der Waals surface area contributed by atoms with Gasteiger partial charge >= 0.3 is 0 Å². The number of hydrogen-bond acceptors (Lipinski definition) is 6. The van der Waals surface area contributed by atoms with Gasteiger partial charge in [-0.05, 0) is 86.3 Å². The van der Waals surface area contributed by atoms with Crippen molar-refractivity contribution < 1.29 is 13.9 Å². The van der Waals surface area contributed by atoms with E-state index in [0.29, 0.717) is 12.0 Å². The minimum atomic E-state index is -0.277. The highest BCUT2D eigenvalue weighted by molar-refractivity contribution is 5.84. The number of rotatable bonds is 6. The molecule has 6 rings (SSSR count). The fourth-order valence-corrected chi connectivity index (χ4v) is 5.32. The molecule has 7 nitrogen and oxygen atoms in total. The average molecular weight is 524 g/mol. The van der Waals surface area contributed by atoms with Gasteiger partial charge in [0.05, 0.1) is 52.7 Å². The van der Waals surface area contributed by atoms with Crippen LogP contribution in [-0.4, -0.2) is 40.9 Å². The summed E-state index contributed by atoms with van der Waals surface area (Å²) in [5, 5.41) is 4.33. The van der Waals surface area contributed by atoms with Crippen LogP contribution in [0.25, 0.3) is 28.1 Å².